The molecular weight excluding hydrogens is 232 g/mol. The smallest absolute Gasteiger partial charge is 0.303 e. The maximum absolute atomic E-state index is 11.6. The summed E-state index contributed by atoms with van der Waals surface area (Å²) in [5.41, 5.74) is 1.53. The van der Waals surface area contributed by atoms with Gasteiger partial charge in [0.2, 0.25) is 5.91 Å². The van der Waals surface area contributed by atoms with Crippen molar-refractivity contribution < 1.29 is 14.7 Å². The summed E-state index contributed by atoms with van der Waals surface area (Å²) >= 11 is 0. The van der Waals surface area contributed by atoms with Crippen LogP contribution in [0.25, 0.3) is 0 Å². The third kappa shape index (κ3) is 4.97. The molecule has 0 unspecified atom stereocenters. The average molecular weight is 250 g/mol. The van der Waals surface area contributed by atoms with Gasteiger partial charge in [-0.15, -0.1) is 0 Å². The first-order valence-corrected chi connectivity index (χ1v) is 5.73. The van der Waals surface area contributed by atoms with E-state index in [4.69, 9.17) is 5.11 Å². The number of likely N-dealkylation sites (N-methyl/N-ethyl adjacent to an activating group) is 1. The molecule has 0 aliphatic carbocycles. The predicted octanol–water partition coefficient (Wildman–Crippen LogP) is 1.20. The fraction of sp³-hybridized carbons (Fsp3) is 0.385. The molecule has 5 nitrogen and oxygen atoms in total. The van der Waals surface area contributed by atoms with Crippen molar-refractivity contribution in [3.63, 3.8) is 0 Å². The summed E-state index contributed by atoms with van der Waals surface area (Å²) in [5, 5.41) is 11.5. The largest absolute Gasteiger partial charge is 0.481 e. The van der Waals surface area contributed by atoms with Gasteiger partial charge in [0.15, 0.2) is 0 Å². The van der Waals surface area contributed by atoms with Crippen molar-refractivity contribution >= 4 is 17.6 Å². The summed E-state index contributed by atoms with van der Waals surface area (Å²) < 4.78 is 0. The van der Waals surface area contributed by atoms with Crippen molar-refractivity contribution in [2.45, 2.75) is 12.8 Å². The Morgan fingerprint density at radius 2 is 1.94 bits per heavy atom. The molecule has 0 aliphatic heterocycles. The summed E-state index contributed by atoms with van der Waals surface area (Å²) in [6.07, 6.45) is 0.467. The molecule has 2 N–H and O–H groups in total. The minimum Gasteiger partial charge on any atom is -0.481 e. The lowest BCUT2D eigenvalue weighted by molar-refractivity contribution is -0.136. The van der Waals surface area contributed by atoms with Crippen LogP contribution >= 0.6 is 0 Å². The van der Waals surface area contributed by atoms with Crippen LogP contribution in [-0.4, -0.2) is 42.5 Å². The molecule has 1 rings (SSSR count). The van der Waals surface area contributed by atoms with Gasteiger partial charge in [-0.3, -0.25) is 9.59 Å². The number of amides is 1. The lowest BCUT2D eigenvalue weighted by atomic mass is 10.1. The summed E-state index contributed by atoms with van der Waals surface area (Å²) in [7, 11) is 3.63. The molecule has 0 heterocycles. The van der Waals surface area contributed by atoms with Gasteiger partial charge in [-0.25, -0.2) is 0 Å². The lowest BCUT2D eigenvalue weighted by Crippen LogP contribution is -2.27. The van der Waals surface area contributed by atoms with Gasteiger partial charge in [-0.05, 0) is 32.1 Å². The number of carbonyl (C=O) groups is 2. The van der Waals surface area contributed by atoms with E-state index in [9.17, 15) is 9.59 Å². The van der Waals surface area contributed by atoms with E-state index in [1.165, 1.54) is 0 Å². The zero-order valence-electron chi connectivity index (χ0n) is 10.6. The fourth-order valence-electron chi connectivity index (χ4n) is 1.58. The molecule has 0 saturated heterocycles. The van der Waals surface area contributed by atoms with Crippen LogP contribution in [0.1, 0.15) is 12.0 Å². The molecule has 98 valence electrons. The van der Waals surface area contributed by atoms with Gasteiger partial charge in [-0.2, -0.15) is 0 Å². The highest BCUT2D eigenvalue weighted by atomic mass is 16.4. The van der Waals surface area contributed by atoms with Crippen LogP contribution in [0, 0.1) is 0 Å². The average Bonchev–Trinajstić information content (AvgIpc) is 2.26. The number of rotatable bonds is 6. The number of aliphatic carboxylic acids is 1. The third-order valence-electron chi connectivity index (χ3n) is 2.36. The Bertz CT molecular complexity index is 430. The molecule has 0 aromatic heterocycles. The van der Waals surface area contributed by atoms with Crippen LogP contribution in [0.3, 0.4) is 0 Å². The first-order chi connectivity index (χ1) is 8.49. The van der Waals surface area contributed by atoms with E-state index in [-0.39, 0.29) is 12.3 Å². The number of carbonyl (C=O) groups excluding carboxylic acids is 1. The zero-order valence-corrected chi connectivity index (χ0v) is 10.6. The van der Waals surface area contributed by atoms with E-state index in [0.29, 0.717) is 18.7 Å². The van der Waals surface area contributed by atoms with Gasteiger partial charge in [0.05, 0.1) is 6.54 Å². The number of nitrogens with zero attached hydrogens (tertiary/aromatic N) is 1. The highest BCUT2D eigenvalue weighted by molar-refractivity contribution is 5.93. The maximum atomic E-state index is 11.6. The van der Waals surface area contributed by atoms with E-state index >= 15 is 0 Å². The Balaban J connectivity index is 2.69. The van der Waals surface area contributed by atoms with E-state index < -0.39 is 5.97 Å². The Labute approximate surface area is 106 Å². The Hall–Kier alpha value is -1.88. The number of hydrogen-bond acceptors (Lipinski definition) is 3. The van der Waals surface area contributed by atoms with Crippen LogP contribution < -0.4 is 5.32 Å². The molecule has 18 heavy (non-hydrogen) atoms. The van der Waals surface area contributed by atoms with Gasteiger partial charge in [0.1, 0.15) is 0 Å². The molecule has 5 heteroatoms. The molecule has 0 spiro atoms. The summed E-state index contributed by atoms with van der Waals surface area (Å²) in [6.45, 7) is 0.299. The minimum atomic E-state index is -0.843. The van der Waals surface area contributed by atoms with Crippen LogP contribution in [0.5, 0.6) is 0 Å². The molecule has 0 aliphatic rings. The molecule has 0 fully saturated rings. The van der Waals surface area contributed by atoms with Crippen molar-refractivity contribution in [2.24, 2.45) is 0 Å². The van der Waals surface area contributed by atoms with Crippen LogP contribution in [-0.2, 0) is 16.0 Å². The number of benzene rings is 1. The second-order valence-corrected chi connectivity index (χ2v) is 4.34. The second kappa shape index (κ2) is 6.76. The number of anilines is 1. The summed E-state index contributed by atoms with van der Waals surface area (Å²) in [6, 6.07) is 7.26. The van der Waals surface area contributed by atoms with Gasteiger partial charge in [0, 0.05) is 12.1 Å². The molecule has 0 radical (unpaired) electrons. The number of para-hydroxylation sites is 1. The monoisotopic (exact) mass is 250 g/mol. The zero-order chi connectivity index (χ0) is 13.5. The third-order valence-corrected chi connectivity index (χ3v) is 2.36. The maximum Gasteiger partial charge on any atom is 0.303 e. The van der Waals surface area contributed by atoms with Crippen molar-refractivity contribution in [1.82, 2.24) is 4.90 Å². The van der Waals surface area contributed by atoms with Crippen molar-refractivity contribution in [3.8, 4) is 0 Å². The van der Waals surface area contributed by atoms with Crippen molar-refractivity contribution in [3.05, 3.63) is 29.8 Å². The SMILES string of the molecule is CN(C)CC(=O)Nc1ccccc1CCC(=O)O. The van der Waals surface area contributed by atoms with Gasteiger partial charge < -0.3 is 15.3 Å². The highest BCUT2D eigenvalue weighted by Gasteiger charge is 2.08. The Morgan fingerprint density at radius 1 is 1.28 bits per heavy atom. The van der Waals surface area contributed by atoms with Crippen molar-refractivity contribution in [2.75, 3.05) is 26.0 Å². The lowest BCUT2D eigenvalue weighted by Gasteiger charge is -2.13. The van der Waals surface area contributed by atoms with Crippen LogP contribution in [0.15, 0.2) is 24.3 Å². The Morgan fingerprint density at radius 3 is 2.56 bits per heavy atom. The molecule has 0 saturated carbocycles. The number of carboxylic acid groups (broad SMARTS) is 1. The number of hydrogen-bond donors (Lipinski definition) is 2. The molecule has 1 aromatic rings. The predicted molar refractivity (Wildman–Crippen MR) is 69.6 cm³/mol. The number of aryl methyl sites for hydroxylation is 1. The molecule has 1 aromatic carbocycles. The minimum absolute atomic E-state index is 0.0561. The normalized spacial score (nSPS) is 10.4. The number of carboxylic acids is 1. The topological polar surface area (TPSA) is 69.6 Å². The number of nitrogens with one attached hydrogen (secondary N) is 1. The first-order valence-electron chi connectivity index (χ1n) is 5.73. The van der Waals surface area contributed by atoms with Gasteiger partial charge in [0.25, 0.3) is 0 Å². The van der Waals surface area contributed by atoms with Crippen LogP contribution in [0.2, 0.25) is 0 Å². The van der Waals surface area contributed by atoms with E-state index in [2.05, 4.69) is 5.32 Å². The van der Waals surface area contributed by atoms with E-state index in [1.54, 1.807) is 11.0 Å². The van der Waals surface area contributed by atoms with E-state index in [1.807, 2.05) is 32.3 Å². The Kier molecular flexibility index (Phi) is 5.32. The summed E-state index contributed by atoms with van der Waals surface area (Å²) in [5.74, 6) is -0.952. The first kappa shape index (κ1) is 14.2. The quantitative estimate of drug-likeness (QED) is 0.796. The fourth-order valence-corrected chi connectivity index (χ4v) is 1.58. The molecule has 1 amide bonds. The second-order valence-electron chi connectivity index (χ2n) is 4.34. The molecule has 0 atom stereocenters. The van der Waals surface area contributed by atoms with E-state index in [0.717, 1.165) is 5.56 Å². The van der Waals surface area contributed by atoms with Gasteiger partial charge >= 0.3 is 5.97 Å². The van der Waals surface area contributed by atoms with Crippen molar-refractivity contribution in [1.29, 1.82) is 0 Å². The van der Waals surface area contributed by atoms with Crippen LogP contribution in [0.4, 0.5) is 5.69 Å². The summed E-state index contributed by atoms with van der Waals surface area (Å²) in [4.78, 5) is 24.0. The van der Waals surface area contributed by atoms with Gasteiger partial charge in [-0.1, -0.05) is 18.2 Å². The molecular formula is C13H18N2O3. The highest BCUT2D eigenvalue weighted by Crippen LogP contribution is 2.16. The molecule has 0 bridgehead atoms. The standard InChI is InChI=1S/C13H18N2O3/c1-15(2)9-12(16)14-11-6-4-3-5-10(11)7-8-13(17)18/h3-6H,7-9H2,1-2H3,(H,14,16)(H,17,18).